The molecule has 3 aromatic carbocycles. The zero-order valence-electron chi connectivity index (χ0n) is 35.4. The van der Waals surface area contributed by atoms with E-state index in [4.69, 9.17) is 14.2 Å². The molecule has 0 radical (unpaired) electrons. The summed E-state index contributed by atoms with van der Waals surface area (Å²) < 4.78 is 42.3. The van der Waals surface area contributed by atoms with E-state index < -0.39 is 125 Å². The molecule has 336 valence electrons. The van der Waals surface area contributed by atoms with Gasteiger partial charge < -0.3 is 30.2 Å². The van der Waals surface area contributed by atoms with Gasteiger partial charge in [0.15, 0.2) is 28.9 Å². The maximum Gasteiger partial charge on any atom is 0.343 e. The van der Waals surface area contributed by atoms with E-state index in [9.17, 15) is 47.1 Å². The van der Waals surface area contributed by atoms with Gasteiger partial charge in [-0.15, -0.1) is 4.59 Å². The lowest BCUT2D eigenvalue weighted by atomic mass is 9.94. The third kappa shape index (κ3) is 10.2. The largest absolute Gasteiger partial charge is 0.480 e. The number of hydrogen-bond donors (Lipinski definition) is 4. The SMILES string of the molecule is COC(=O)CC(NC(=O)[C@@H]1CC(=O)[N@+]2(NC(=O)[C@H](CC(=O)OC)NC(=O)[C@@H](NC(=O)c3ccc4ccccc4n3)C(C)C)CCc3cccc(c32)C1)C(=O)COc1c(F)cccc1F. The molecule has 2 aliphatic rings. The molecule has 2 aliphatic heterocycles. The molecule has 1 unspecified atom stereocenters. The summed E-state index contributed by atoms with van der Waals surface area (Å²) in [5, 5.41) is 8.52. The summed E-state index contributed by atoms with van der Waals surface area (Å²) >= 11 is 0. The van der Waals surface area contributed by atoms with Crippen molar-refractivity contribution in [1.29, 1.82) is 0 Å². The number of Topliss-reactive ketones (excluding diaryl/α,β-unsaturated/α-hetero) is 1. The predicted octanol–water partition coefficient (Wildman–Crippen LogP) is 2.70. The summed E-state index contributed by atoms with van der Waals surface area (Å²) in [5.74, 6) is -11.2. The molecule has 4 aromatic rings. The van der Waals surface area contributed by atoms with Crippen LogP contribution in [0.15, 0.2) is 72.8 Å². The summed E-state index contributed by atoms with van der Waals surface area (Å²) in [6.45, 7) is 2.41. The van der Waals surface area contributed by atoms with Crippen molar-refractivity contribution in [3.8, 4) is 5.75 Å². The first-order valence-electron chi connectivity index (χ1n) is 20.4. The number of hydrogen-bond acceptors (Lipinski definition) is 12. The Bertz CT molecular complexity index is 2500. The minimum Gasteiger partial charge on any atom is -0.480 e. The fourth-order valence-corrected chi connectivity index (χ4v) is 7.79. The molecule has 0 bridgehead atoms. The molecule has 0 spiro atoms. The molecule has 64 heavy (non-hydrogen) atoms. The van der Waals surface area contributed by atoms with Crippen molar-refractivity contribution in [2.75, 3.05) is 27.4 Å². The van der Waals surface area contributed by atoms with Crippen LogP contribution in [0.5, 0.6) is 5.75 Å². The van der Waals surface area contributed by atoms with E-state index in [1.54, 1.807) is 50.2 Å². The molecule has 19 heteroatoms. The Labute approximate surface area is 365 Å². The molecular weight excluding hydrogens is 839 g/mol. The maximum atomic E-state index is 14.6. The highest BCUT2D eigenvalue weighted by atomic mass is 19.1. The molecule has 0 saturated heterocycles. The number of quaternary nitrogens is 1. The Kier molecular flexibility index (Phi) is 14.4. The number of aromatic nitrogens is 1. The van der Waals surface area contributed by atoms with Crippen LogP contribution in [0.4, 0.5) is 14.5 Å². The summed E-state index contributed by atoms with van der Waals surface area (Å²) in [4.78, 5) is 113. The van der Waals surface area contributed by atoms with Crippen molar-refractivity contribution in [3.63, 3.8) is 0 Å². The van der Waals surface area contributed by atoms with Crippen molar-refractivity contribution >= 4 is 63.8 Å². The number of amides is 5. The van der Waals surface area contributed by atoms with E-state index in [0.717, 1.165) is 37.8 Å². The molecule has 6 rings (SSSR count). The van der Waals surface area contributed by atoms with Crippen molar-refractivity contribution in [1.82, 2.24) is 31.0 Å². The number of carbonyl (C=O) groups is 8. The molecule has 5 amide bonds. The number of nitrogens with zero attached hydrogens (tertiary/aromatic N) is 2. The summed E-state index contributed by atoms with van der Waals surface area (Å²) in [7, 11) is 2.16. The van der Waals surface area contributed by atoms with Gasteiger partial charge >= 0.3 is 17.8 Å². The molecule has 0 fully saturated rings. The van der Waals surface area contributed by atoms with Crippen LogP contribution in [-0.4, -0.2) is 97.7 Å². The van der Waals surface area contributed by atoms with E-state index in [1.165, 1.54) is 6.07 Å². The quantitative estimate of drug-likeness (QED) is 0.0888. The number of para-hydroxylation sites is 3. The molecule has 17 nitrogen and oxygen atoms in total. The first-order valence-corrected chi connectivity index (χ1v) is 20.4. The highest BCUT2D eigenvalue weighted by Gasteiger charge is 2.53. The van der Waals surface area contributed by atoms with Crippen molar-refractivity contribution in [2.24, 2.45) is 11.8 Å². The van der Waals surface area contributed by atoms with Crippen LogP contribution in [0.3, 0.4) is 0 Å². The molecule has 5 atom stereocenters. The topological polar surface area (TPSA) is 225 Å². The number of halogens is 2. The standard InChI is InChI=1S/C45H46F2N6O11/c1-24(2)39(51-43(59)32-16-15-25-9-5-6-14-31(25)48-32)45(61)50-34(22-38(57)63-4)44(60)52-53-18-17-26-10-7-11-27(40(26)53)19-28(20-36(53)55)42(58)49-33(21-37(56)62-3)35(54)23-64-41-29(46)12-8-13-30(41)47/h5-16,24,28,33-34,39H,17-23H2,1-4H3,(H3-,49,50,51,52,58,59,60,61)/p+1/t28-,33?,34-,39-,53+/m0/s1. The number of rotatable bonds is 17. The second-order valence-corrected chi connectivity index (χ2v) is 15.8. The normalized spacial score (nSPS) is 17.8. The molecule has 0 aliphatic carbocycles. The van der Waals surface area contributed by atoms with E-state index in [2.05, 4.69) is 26.4 Å². The van der Waals surface area contributed by atoms with Gasteiger partial charge in [-0.2, -0.15) is 5.43 Å². The van der Waals surface area contributed by atoms with E-state index in [0.29, 0.717) is 28.8 Å². The van der Waals surface area contributed by atoms with Gasteiger partial charge in [-0.1, -0.05) is 62.4 Å². The molecule has 3 heterocycles. The minimum absolute atomic E-state index is 0.000972. The second-order valence-electron chi connectivity index (χ2n) is 15.8. The second kappa shape index (κ2) is 19.9. The smallest absolute Gasteiger partial charge is 0.343 e. The van der Waals surface area contributed by atoms with Gasteiger partial charge in [-0.3, -0.25) is 33.6 Å². The Morgan fingerprint density at radius 2 is 1.42 bits per heavy atom. The maximum absolute atomic E-state index is 14.6. The van der Waals surface area contributed by atoms with Gasteiger partial charge in [0.05, 0.1) is 44.9 Å². The van der Waals surface area contributed by atoms with Gasteiger partial charge in [0.1, 0.15) is 37.0 Å². The zero-order valence-corrected chi connectivity index (χ0v) is 35.4. The van der Waals surface area contributed by atoms with Crippen LogP contribution >= 0.6 is 0 Å². The third-order valence-corrected chi connectivity index (χ3v) is 11.2. The number of carbonyl (C=O) groups excluding carboxylic acids is 8. The van der Waals surface area contributed by atoms with Crippen LogP contribution < -0.4 is 30.7 Å². The molecule has 1 aromatic heterocycles. The Morgan fingerprint density at radius 3 is 2.11 bits per heavy atom. The van der Waals surface area contributed by atoms with Gasteiger partial charge in [0.2, 0.25) is 11.8 Å². The monoisotopic (exact) mass is 885 g/mol. The van der Waals surface area contributed by atoms with Crippen molar-refractivity contribution in [2.45, 2.75) is 64.1 Å². The zero-order chi connectivity index (χ0) is 46.3. The number of benzene rings is 3. The van der Waals surface area contributed by atoms with Gasteiger partial charge in [0.25, 0.3) is 11.8 Å². The average Bonchev–Trinajstić information content (AvgIpc) is 3.60. The lowest BCUT2D eigenvalue weighted by molar-refractivity contribution is -0.147. The average molecular weight is 886 g/mol. The van der Waals surface area contributed by atoms with Gasteiger partial charge in [0, 0.05) is 22.9 Å². The Hall–Kier alpha value is -7.15. The van der Waals surface area contributed by atoms with E-state index in [1.807, 2.05) is 12.1 Å². The third-order valence-electron chi connectivity index (χ3n) is 11.2. The van der Waals surface area contributed by atoms with Crippen LogP contribution in [0.1, 0.15) is 54.7 Å². The van der Waals surface area contributed by atoms with E-state index >= 15 is 0 Å². The number of ketones is 1. The number of methoxy groups -OCH3 is 2. The Balaban J connectivity index is 1.21. The van der Waals surface area contributed by atoms with Crippen LogP contribution in [0.25, 0.3) is 10.9 Å². The highest BCUT2D eigenvalue weighted by molar-refractivity contribution is 6.02. The molecular formula is C45H47F2N6O11+. The minimum atomic E-state index is -1.61. The van der Waals surface area contributed by atoms with Crippen LogP contribution in [-0.2, 0) is 55.9 Å². The molecule has 4 N–H and O–H groups in total. The number of nitrogens with one attached hydrogen (secondary N) is 4. The fraction of sp³-hybridized carbons (Fsp3) is 0.356. The highest BCUT2D eigenvalue weighted by Crippen LogP contribution is 2.41. The number of pyridine rings is 1. The van der Waals surface area contributed by atoms with Crippen molar-refractivity contribution in [3.05, 3.63) is 101 Å². The lowest BCUT2D eigenvalue weighted by Crippen LogP contribution is -2.68. The lowest BCUT2D eigenvalue weighted by Gasteiger charge is -2.33. The first kappa shape index (κ1) is 46.4. The summed E-state index contributed by atoms with van der Waals surface area (Å²) in [6, 6.07) is 14.1. The first-order chi connectivity index (χ1) is 30.5. The number of esters is 2. The molecule has 0 saturated carbocycles. The van der Waals surface area contributed by atoms with Crippen molar-refractivity contribution < 1.29 is 61.3 Å². The number of fused-ring (bicyclic) bond motifs is 1. The predicted molar refractivity (Wildman–Crippen MR) is 224 cm³/mol. The van der Waals surface area contributed by atoms with Gasteiger partial charge in [-0.25, -0.2) is 18.6 Å². The Morgan fingerprint density at radius 1 is 0.766 bits per heavy atom. The summed E-state index contributed by atoms with van der Waals surface area (Å²) in [5.41, 5.74) is 4.93. The van der Waals surface area contributed by atoms with E-state index in [-0.39, 0.29) is 18.7 Å². The number of ether oxygens (including phenoxy) is 3. The summed E-state index contributed by atoms with van der Waals surface area (Å²) in [6.07, 6.45) is -1.56. The van der Waals surface area contributed by atoms with Gasteiger partial charge in [-0.05, 0) is 36.6 Å². The fourth-order valence-electron chi connectivity index (χ4n) is 7.79. The van der Waals surface area contributed by atoms with Crippen LogP contribution in [0, 0.1) is 23.5 Å². The van der Waals surface area contributed by atoms with Crippen LogP contribution in [0.2, 0.25) is 0 Å².